The maximum absolute atomic E-state index is 12.3. The second-order valence-electron chi connectivity index (χ2n) is 5.46. The molecule has 1 aromatic rings. The summed E-state index contributed by atoms with van der Waals surface area (Å²) < 4.78 is 34.0. The Bertz CT molecular complexity index is 601. The quantitative estimate of drug-likeness (QED) is 0.815. The van der Waals surface area contributed by atoms with Crippen LogP contribution in [0.5, 0.6) is 0 Å². The van der Waals surface area contributed by atoms with Gasteiger partial charge in [0.15, 0.2) is 15.6 Å². The lowest BCUT2D eigenvalue weighted by atomic mass is 9.83. The fraction of sp³-hybridized carbons (Fsp3) is 0.615. The highest BCUT2D eigenvalue weighted by molar-refractivity contribution is 7.93. The molecule has 1 spiro atoms. The van der Waals surface area contributed by atoms with E-state index in [0.29, 0.717) is 13.0 Å². The van der Waals surface area contributed by atoms with E-state index in [1.807, 2.05) is 0 Å². The van der Waals surface area contributed by atoms with Crippen LogP contribution in [0, 0.1) is 5.92 Å². The predicted octanol–water partition coefficient (Wildman–Crippen LogP) is 0.555. The van der Waals surface area contributed by atoms with Gasteiger partial charge >= 0.3 is 0 Å². The number of carbonyl (C=O) groups excluding carboxylic acids is 1. The molecule has 0 N–H and O–H groups in total. The van der Waals surface area contributed by atoms with Crippen molar-refractivity contribution in [3.8, 4) is 0 Å². The van der Waals surface area contributed by atoms with Gasteiger partial charge in [0, 0.05) is 26.1 Å². The smallest absolute Gasteiger partial charge is 0.289 e. The standard InChI is InChI=1S/C13H17NO5S/c1-18-7-10-4-6-20(16,17)13(10)8-14(9-13)12(15)11-3-2-5-19-11/h2-3,5,10H,4,6-9H2,1H3/t10-/m0/s1. The number of amides is 1. The van der Waals surface area contributed by atoms with Crippen molar-refractivity contribution in [3.05, 3.63) is 24.2 Å². The molecule has 2 aliphatic heterocycles. The van der Waals surface area contributed by atoms with Crippen molar-refractivity contribution in [2.45, 2.75) is 11.2 Å². The molecule has 1 aromatic heterocycles. The van der Waals surface area contributed by atoms with Crippen LogP contribution in [-0.2, 0) is 14.6 Å². The van der Waals surface area contributed by atoms with Crippen LogP contribution in [-0.4, -0.2) is 56.5 Å². The normalized spacial score (nSPS) is 26.6. The van der Waals surface area contributed by atoms with Crippen LogP contribution in [0.25, 0.3) is 0 Å². The summed E-state index contributed by atoms with van der Waals surface area (Å²) in [5.41, 5.74) is 0. The van der Waals surface area contributed by atoms with Crippen LogP contribution >= 0.6 is 0 Å². The highest BCUT2D eigenvalue weighted by Crippen LogP contribution is 2.45. The van der Waals surface area contributed by atoms with Crippen molar-refractivity contribution in [1.29, 1.82) is 0 Å². The zero-order chi connectivity index (χ0) is 14.4. The molecule has 0 bridgehead atoms. The number of sulfone groups is 1. The number of likely N-dealkylation sites (tertiary alicyclic amines) is 1. The molecular formula is C13H17NO5S. The summed E-state index contributed by atoms with van der Waals surface area (Å²) in [6, 6.07) is 3.23. The van der Waals surface area contributed by atoms with E-state index in [9.17, 15) is 13.2 Å². The summed E-state index contributed by atoms with van der Waals surface area (Å²) in [6.45, 7) is 0.897. The second-order valence-corrected chi connectivity index (χ2v) is 7.91. The Morgan fingerprint density at radius 2 is 2.30 bits per heavy atom. The van der Waals surface area contributed by atoms with Gasteiger partial charge in [0.2, 0.25) is 0 Å². The van der Waals surface area contributed by atoms with Crippen molar-refractivity contribution in [2.24, 2.45) is 5.92 Å². The van der Waals surface area contributed by atoms with Crippen LogP contribution in [0.3, 0.4) is 0 Å². The molecule has 1 amide bonds. The average molecular weight is 299 g/mol. The first-order chi connectivity index (χ1) is 9.50. The van der Waals surface area contributed by atoms with Crippen molar-refractivity contribution >= 4 is 15.7 Å². The van der Waals surface area contributed by atoms with Gasteiger partial charge in [-0.05, 0) is 18.6 Å². The summed E-state index contributed by atoms with van der Waals surface area (Å²) in [4.78, 5) is 13.6. The van der Waals surface area contributed by atoms with E-state index in [2.05, 4.69) is 0 Å². The zero-order valence-electron chi connectivity index (χ0n) is 11.2. The Hall–Kier alpha value is -1.34. The number of methoxy groups -OCH3 is 1. The molecule has 3 rings (SSSR count). The molecule has 0 saturated carbocycles. The Labute approximate surface area is 117 Å². The number of carbonyl (C=O) groups is 1. The van der Waals surface area contributed by atoms with Crippen LogP contribution < -0.4 is 0 Å². The van der Waals surface area contributed by atoms with E-state index in [1.54, 1.807) is 19.2 Å². The van der Waals surface area contributed by atoms with Gasteiger partial charge in [-0.15, -0.1) is 0 Å². The molecular weight excluding hydrogens is 282 g/mol. The Kier molecular flexibility index (Phi) is 3.13. The summed E-state index contributed by atoms with van der Waals surface area (Å²) >= 11 is 0. The van der Waals surface area contributed by atoms with Crippen molar-refractivity contribution in [3.63, 3.8) is 0 Å². The number of hydrogen-bond donors (Lipinski definition) is 0. The first-order valence-corrected chi connectivity index (χ1v) is 8.19. The summed E-state index contributed by atoms with van der Waals surface area (Å²) in [6.07, 6.45) is 2.04. The van der Waals surface area contributed by atoms with Gasteiger partial charge in [-0.3, -0.25) is 4.79 Å². The summed E-state index contributed by atoms with van der Waals surface area (Å²) in [7, 11) is -1.59. The lowest BCUT2D eigenvalue weighted by molar-refractivity contribution is 0.0312. The maximum Gasteiger partial charge on any atom is 0.289 e. The third kappa shape index (κ3) is 1.80. The second kappa shape index (κ2) is 4.60. The number of nitrogens with zero attached hydrogens (tertiary/aromatic N) is 1. The van der Waals surface area contributed by atoms with Crippen LogP contribution in [0.4, 0.5) is 0 Å². The van der Waals surface area contributed by atoms with E-state index in [-0.39, 0.29) is 36.4 Å². The van der Waals surface area contributed by atoms with Gasteiger partial charge in [0.1, 0.15) is 4.75 Å². The molecule has 0 aromatic carbocycles. The third-order valence-electron chi connectivity index (χ3n) is 4.40. The van der Waals surface area contributed by atoms with Gasteiger partial charge in [-0.1, -0.05) is 0 Å². The van der Waals surface area contributed by atoms with E-state index >= 15 is 0 Å². The number of hydrogen-bond acceptors (Lipinski definition) is 5. The lowest BCUT2D eigenvalue weighted by Crippen LogP contribution is -2.68. The molecule has 2 fully saturated rings. The third-order valence-corrected chi connectivity index (χ3v) is 7.01. The fourth-order valence-corrected chi connectivity index (χ4v) is 5.61. The molecule has 2 saturated heterocycles. The van der Waals surface area contributed by atoms with E-state index in [1.165, 1.54) is 11.2 Å². The fourth-order valence-electron chi connectivity index (χ4n) is 3.21. The molecule has 7 heteroatoms. The zero-order valence-corrected chi connectivity index (χ0v) is 12.1. The Morgan fingerprint density at radius 3 is 2.90 bits per heavy atom. The number of rotatable bonds is 3. The lowest BCUT2D eigenvalue weighted by Gasteiger charge is -2.49. The van der Waals surface area contributed by atoms with E-state index in [0.717, 1.165) is 0 Å². The molecule has 2 aliphatic rings. The van der Waals surface area contributed by atoms with Crippen LogP contribution in [0.1, 0.15) is 17.0 Å². The van der Waals surface area contributed by atoms with Crippen molar-refractivity contribution in [1.82, 2.24) is 4.90 Å². The largest absolute Gasteiger partial charge is 0.459 e. The van der Waals surface area contributed by atoms with Gasteiger partial charge < -0.3 is 14.1 Å². The monoisotopic (exact) mass is 299 g/mol. The van der Waals surface area contributed by atoms with E-state index < -0.39 is 14.6 Å². The minimum absolute atomic E-state index is 0.0295. The van der Waals surface area contributed by atoms with Gasteiger partial charge in [0.25, 0.3) is 5.91 Å². The van der Waals surface area contributed by atoms with Crippen LogP contribution in [0.2, 0.25) is 0 Å². The van der Waals surface area contributed by atoms with E-state index in [4.69, 9.17) is 9.15 Å². The Morgan fingerprint density at radius 1 is 1.55 bits per heavy atom. The molecule has 110 valence electrons. The van der Waals surface area contributed by atoms with Gasteiger partial charge in [-0.25, -0.2) is 8.42 Å². The van der Waals surface area contributed by atoms with Crippen molar-refractivity contribution in [2.75, 3.05) is 32.6 Å². The summed E-state index contributed by atoms with van der Waals surface area (Å²) in [5.74, 6) is 0.152. The SMILES string of the molecule is COC[C@@H]1CCS(=O)(=O)C12CN(C(=O)c1ccco1)C2. The predicted molar refractivity (Wildman–Crippen MR) is 71.1 cm³/mol. The molecule has 6 nitrogen and oxygen atoms in total. The highest BCUT2D eigenvalue weighted by Gasteiger charge is 2.62. The molecule has 3 heterocycles. The molecule has 0 aliphatic carbocycles. The molecule has 0 radical (unpaired) electrons. The minimum Gasteiger partial charge on any atom is -0.459 e. The first kappa shape index (κ1) is 13.6. The molecule has 0 unspecified atom stereocenters. The number of ether oxygens (including phenoxy) is 1. The first-order valence-electron chi connectivity index (χ1n) is 6.54. The molecule has 1 atom stereocenters. The molecule has 20 heavy (non-hydrogen) atoms. The van der Waals surface area contributed by atoms with Crippen molar-refractivity contribution < 1.29 is 22.4 Å². The van der Waals surface area contributed by atoms with Gasteiger partial charge in [-0.2, -0.15) is 0 Å². The number of furan rings is 1. The maximum atomic E-state index is 12.3. The Balaban J connectivity index is 1.78. The van der Waals surface area contributed by atoms with Crippen LogP contribution in [0.15, 0.2) is 22.8 Å². The summed E-state index contributed by atoms with van der Waals surface area (Å²) in [5, 5.41) is 0. The minimum atomic E-state index is -3.16. The highest BCUT2D eigenvalue weighted by atomic mass is 32.2. The topological polar surface area (TPSA) is 76.8 Å². The average Bonchev–Trinajstić information content (AvgIpc) is 2.94. The van der Waals surface area contributed by atoms with Gasteiger partial charge in [0.05, 0.1) is 18.6 Å².